The van der Waals surface area contributed by atoms with Crippen LogP contribution >= 0.6 is 21.0 Å². The van der Waals surface area contributed by atoms with E-state index in [0.29, 0.717) is 56.7 Å². The fraction of sp³-hybridized carbons (Fsp3) is 0.636. The van der Waals surface area contributed by atoms with Gasteiger partial charge in [-0.05, 0) is 58.7 Å². The molecule has 0 aromatic heterocycles. The number of benzene rings is 1. The number of carbonyl (C=O) groups excluding carboxylic acids is 2. The predicted molar refractivity (Wildman–Crippen MR) is 124 cm³/mol. The third-order valence-corrected chi connectivity index (χ3v) is 6.80. The number of carbonyl (C=O) groups is 2. The quantitative estimate of drug-likeness (QED) is 0.189. The van der Waals surface area contributed by atoms with Crippen LogP contribution in [-0.2, 0) is 19.1 Å². The number of methoxy groups -OCH3 is 1. The van der Waals surface area contributed by atoms with Crippen LogP contribution in [-0.4, -0.2) is 42.5 Å². The van der Waals surface area contributed by atoms with Gasteiger partial charge in [-0.2, -0.15) is 0 Å². The highest BCUT2D eigenvalue weighted by Crippen LogP contribution is 2.27. The second-order valence-corrected chi connectivity index (χ2v) is 10.2. The summed E-state index contributed by atoms with van der Waals surface area (Å²) in [6.07, 6.45) is 2.60. The average molecular weight is 496 g/mol. The van der Waals surface area contributed by atoms with Crippen LogP contribution in [0.2, 0.25) is 0 Å². The summed E-state index contributed by atoms with van der Waals surface area (Å²) in [6, 6.07) is 0.452. The first kappa shape index (κ1) is 28.9. The molecule has 0 bridgehead atoms. The zero-order valence-electron chi connectivity index (χ0n) is 19.3. The van der Waals surface area contributed by atoms with Gasteiger partial charge in [-0.15, -0.1) is 9.24 Å². The fourth-order valence-electron chi connectivity index (χ4n) is 2.56. The van der Waals surface area contributed by atoms with Crippen molar-refractivity contribution < 1.29 is 32.2 Å². The second-order valence-electron chi connectivity index (χ2n) is 8.51. The lowest BCUT2D eigenvalue weighted by Crippen LogP contribution is -2.45. The van der Waals surface area contributed by atoms with Gasteiger partial charge < -0.3 is 14.8 Å². The van der Waals surface area contributed by atoms with Crippen molar-refractivity contribution in [2.75, 3.05) is 20.3 Å². The summed E-state index contributed by atoms with van der Waals surface area (Å²) in [5, 5.41) is 2.27. The van der Waals surface area contributed by atoms with Crippen molar-refractivity contribution in [3.63, 3.8) is 0 Å². The maximum Gasteiger partial charge on any atom is 0.251 e. The summed E-state index contributed by atoms with van der Waals surface area (Å²) in [5.74, 6) is -3.70. The number of thioether (sulfide) groups is 1. The third kappa shape index (κ3) is 9.38. The lowest BCUT2D eigenvalue weighted by Gasteiger charge is -2.28. The van der Waals surface area contributed by atoms with Crippen molar-refractivity contribution in [3.8, 4) is 0 Å². The van der Waals surface area contributed by atoms with Crippen molar-refractivity contribution in [1.29, 1.82) is 0 Å². The predicted octanol–water partition coefficient (Wildman–Crippen LogP) is 4.51. The minimum atomic E-state index is -1.32. The highest BCUT2D eigenvalue weighted by Gasteiger charge is 2.29. The number of hydrogen-bond acceptors (Lipinski definition) is 5. The van der Waals surface area contributed by atoms with Gasteiger partial charge >= 0.3 is 0 Å². The molecule has 32 heavy (non-hydrogen) atoms. The van der Waals surface area contributed by atoms with Crippen molar-refractivity contribution in [2.45, 2.75) is 75.9 Å². The highest BCUT2D eigenvalue weighted by atomic mass is 32.2. The zero-order valence-corrected chi connectivity index (χ0v) is 21.3. The Hall–Kier alpha value is -1.15. The Morgan fingerprint density at radius 2 is 1.75 bits per heavy atom. The van der Waals surface area contributed by atoms with Crippen molar-refractivity contribution in [2.24, 2.45) is 0 Å². The van der Waals surface area contributed by atoms with Crippen LogP contribution in [0.15, 0.2) is 11.0 Å². The molecule has 0 heterocycles. The molecule has 0 spiro atoms. The number of ether oxygens (including phenoxy) is 2. The molecule has 1 atom stereocenters. The van der Waals surface area contributed by atoms with Gasteiger partial charge in [0.2, 0.25) is 0 Å². The Kier molecular flexibility index (Phi) is 11.7. The highest BCUT2D eigenvalue weighted by molar-refractivity contribution is 8.13. The molecule has 1 aromatic carbocycles. The Balaban J connectivity index is 2.31. The summed E-state index contributed by atoms with van der Waals surface area (Å²) in [5.41, 5.74) is -1.30. The van der Waals surface area contributed by atoms with Gasteiger partial charge in [0.05, 0.1) is 17.1 Å². The van der Waals surface area contributed by atoms with Gasteiger partial charge in [-0.25, -0.2) is 13.2 Å². The lowest BCUT2D eigenvalue weighted by molar-refractivity contribution is -0.144. The van der Waals surface area contributed by atoms with Crippen molar-refractivity contribution in [1.82, 2.24) is 5.32 Å². The number of amides is 1. The molecule has 10 heteroatoms. The van der Waals surface area contributed by atoms with E-state index in [1.165, 1.54) is 0 Å². The number of nitrogens with one attached hydrogen (secondary N) is 1. The molecule has 182 valence electrons. The Labute approximate surface area is 194 Å². The standard InChI is InChI=1S/C22H33F3NO4PS/c1-21(2,29-5)10-12-30-22(3,4)20(28)26-11-8-6-7-9-16(27)32-19-17(25)14(23)13-15(24)18(19)31/h13H,6-12,31H2,1-5H3,(H,26,28). The van der Waals surface area contributed by atoms with Crippen LogP contribution in [0.1, 0.15) is 59.8 Å². The number of rotatable bonds is 13. The number of halogens is 3. The molecule has 0 aliphatic heterocycles. The van der Waals surface area contributed by atoms with Gasteiger partial charge in [0.1, 0.15) is 11.4 Å². The first-order valence-corrected chi connectivity index (χ1v) is 11.8. The Bertz CT molecular complexity index is 780. The van der Waals surface area contributed by atoms with E-state index in [1.54, 1.807) is 21.0 Å². The molecular formula is C22H33F3NO4PS. The van der Waals surface area contributed by atoms with E-state index in [2.05, 4.69) is 5.32 Å². The fourth-order valence-corrected chi connectivity index (χ4v) is 3.81. The maximum absolute atomic E-state index is 13.8. The van der Waals surface area contributed by atoms with Crippen LogP contribution in [0.25, 0.3) is 0 Å². The van der Waals surface area contributed by atoms with Crippen LogP contribution in [0.3, 0.4) is 0 Å². The molecule has 1 amide bonds. The maximum atomic E-state index is 13.8. The van der Waals surface area contributed by atoms with E-state index in [9.17, 15) is 22.8 Å². The smallest absolute Gasteiger partial charge is 0.251 e. The molecule has 1 N–H and O–H groups in total. The first-order valence-electron chi connectivity index (χ1n) is 10.4. The van der Waals surface area contributed by atoms with E-state index in [1.807, 2.05) is 23.1 Å². The van der Waals surface area contributed by atoms with E-state index >= 15 is 0 Å². The van der Waals surface area contributed by atoms with E-state index in [4.69, 9.17) is 9.47 Å². The number of unbranched alkanes of at least 4 members (excludes halogenated alkanes) is 2. The molecule has 0 saturated heterocycles. The monoisotopic (exact) mass is 495 g/mol. The molecule has 5 nitrogen and oxygen atoms in total. The molecule has 0 aliphatic carbocycles. The first-order chi connectivity index (χ1) is 14.8. The summed E-state index contributed by atoms with van der Waals surface area (Å²) in [7, 11) is 3.62. The minimum absolute atomic E-state index is 0.129. The molecule has 1 unspecified atom stereocenters. The molecular weight excluding hydrogens is 462 g/mol. The SMILES string of the molecule is COC(C)(C)CCOC(C)(C)C(=O)NCCCCCC(=O)Sc1c(F)c(F)cc(F)c1P. The lowest BCUT2D eigenvalue weighted by atomic mass is 10.1. The zero-order chi connectivity index (χ0) is 24.5. The summed E-state index contributed by atoms with van der Waals surface area (Å²) < 4.78 is 51.8. The molecule has 0 radical (unpaired) electrons. The summed E-state index contributed by atoms with van der Waals surface area (Å²) >= 11 is 0.498. The number of hydrogen-bond donors (Lipinski definition) is 1. The normalized spacial score (nSPS) is 12.2. The van der Waals surface area contributed by atoms with E-state index < -0.39 is 23.1 Å². The van der Waals surface area contributed by atoms with Gasteiger partial charge in [0.25, 0.3) is 5.91 Å². The van der Waals surface area contributed by atoms with Gasteiger partial charge in [-0.1, -0.05) is 6.42 Å². The average Bonchev–Trinajstić information content (AvgIpc) is 2.71. The largest absolute Gasteiger partial charge is 0.379 e. The summed E-state index contributed by atoms with van der Waals surface area (Å²) in [4.78, 5) is 24.0. The minimum Gasteiger partial charge on any atom is -0.379 e. The molecule has 0 fully saturated rings. The van der Waals surface area contributed by atoms with E-state index in [-0.39, 0.29) is 33.2 Å². The summed E-state index contributed by atoms with van der Waals surface area (Å²) in [6.45, 7) is 8.10. The van der Waals surface area contributed by atoms with Crippen LogP contribution in [0.5, 0.6) is 0 Å². The van der Waals surface area contributed by atoms with Gasteiger partial charge in [-0.3, -0.25) is 9.59 Å². The van der Waals surface area contributed by atoms with E-state index in [0.717, 1.165) is 0 Å². The van der Waals surface area contributed by atoms with Crippen LogP contribution in [0.4, 0.5) is 13.2 Å². The molecule has 0 aliphatic rings. The van der Waals surface area contributed by atoms with Crippen molar-refractivity contribution >= 4 is 37.3 Å². The molecule has 1 rings (SSSR count). The van der Waals surface area contributed by atoms with Crippen LogP contribution in [0, 0.1) is 17.5 Å². The topological polar surface area (TPSA) is 64.6 Å². The second kappa shape index (κ2) is 12.9. The van der Waals surface area contributed by atoms with Crippen LogP contribution < -0.4 is 10.6 Å². The van der Waals surface area contributed by atoms with Crippen molar-refractivity contribution in [3.05, 3.63) is 23.5 Å². The van der Waals surface area contributed by atoms with Gasteiger partial charge in [0.15, 0.2) is 16.7 Å². The third-order valence-electron chi connectivity index (χ3n) is 4.99. The van der Waals surface area contributed by atoms with Gasteiger partial charge in [0, 0.05) is 31.4 Å². The molecule has 1 aromatic rings. The Morgan fingerprint density at radius 1 is 1.09 bits per heavy atom. The Morgan fingerprint density at radius 3 is 2.38 bits per heavy atom. The molecule has 0 saturated carbocycles.